The SMILES string of the molecule is O=C(Cc1ccc(F)c(F)c1)Cc1nnc(CCCCc2nnc(CC(=O)Cc3ccc(F)c(F)c3)s2)s1. The number of ketones is 2. The topological polar surface area (TPSA) is 85.7 Å². The zero-order chi connectivity index (χ0) is 27.1. The number of Topliss-reactive ketones (excluding diaryl/α,β-unsaturated/α-hetero) is 2. The van der Waals surface area contributed by atoms with Crippen molar-refractivity contribution in [3.05, 3.63) is 90.8 Å². The van der Waals surface area contributed by atoms with Gasteiger partial charge in [0, 0.05) is 25.7 Å². The van der Waals surface area contributed by atoms with Crippen molar-refractivity contribution in [3.8, 4) is 0 Å². The molecular weight excluding hydrogens is 540 g/mol. The number of aryl methyl sites for hydroxylation is 2. The van der Waals surface area contributed by atoms with Crippen LogP contribution < -0.4 is 0 Å². The van der Waals surface area contributed by atoms with Crippen molar-refractivity contribution in [1.29, 1.82) is 0 Å². The molecule has 198 valence electrons. The van der Waals surface area contributed by atoms with Crippen LogP contribution in [0.5, 0.6) is 0 Å². The fourth-order valence-electron chi connectivity index (χ4n) is 3.69. The van der Waals surface area contributed by atoms with Crippen LogP contribution in [0.3, 0.4) is 0 Å². The third-order valence-electron chi connectivity index (χ3n) is 5.52. The molecule has 0 saturated carbocycles. The highest BCUT2D eigenvalue weighted by atomic mass is 32.1. The van der Waals surface area contributed by atoms with Crippen LogP contribution in [-0.2, 0) is 48.1 Å². The first-order valence-corrected chi connectivity index (χ1v) is 13.4. The molecule has 2 aromatic heterocycles. The number of carbonyl (C=O) groups is 2. The lowest BCUT2D eigenvalue weighted by atomic mass is 10.1. The van der Waals surface area contributed by atoms with Gasteiger partial charge in [0.1, 0.15) is 31.6 Å². The van der Waals surface area contributed by atoms with Crippen LogP contribution in [0.25, 0.3) is 0 Å². The molecule has 0 bridgehead atoms. The molecule has 0 radical (unpaired) electrons. The largest absolute Gasteiger partial charge is 0.299 e. The maximum Gasteiger partial charge on any atom is 0.159 e. The van der Waals surface area contributed by atoms with Crippen LogP contribution in [0.4, 0.5) is 17.6 Å². The Balaban J connectivity index is 1.16. The fraction of sp³-hybridized carbons (Fsp3) is 0.308. The molecule has 0 unspecified atom stereocenters. The number of hydrogen-bond donors (Lipinski definition) is 0. The molecule has 0 aliphatic carbocycles. The van der Waals surface area contributed by atoms with E-state index in [2.05, 4.69) is 20.4 Å². The zero-order valence-electron chi connectivity index (χ0n) is 20.1. The van der Waals surface area contributed by atoms with E-state index in [1.165, 1.54) is 34.8 Å². The van der Waals surface area contributed by atoms with Crippen molar-refractivity contribution in [2.75, 3.05) is 0 Å². The highest BCUT2D eigenvalue weighted by Crippen LogP contribution is 2.18. The summed E-state index contributed by atoms with van der Waals surface area (Å²) >= 11 is 2.71. The molecule has 0 spiro atoms. The van der Waals surface area contributed by atoms with E-state index in [1.54, 1.807) is 0 Å². The number of halogens is 4. The van der Waals surface area contributed by atoms with Crippen LogP contribution in [0, 0.1) is 23.3 Å². The van der Waals surface area contributed by atoms with Gasteiger partial charge in [0.15, 0.2) is 23.3 Å². The highest BCUT2D eigenvalue weighted by Gasteiger charge is 2.14. The van der Waals surface area contributed by atoms with Crippen molar-refractivity contribution < 1.29 is 27.2 Å². The van der Waals surface area contributed by atoms with E-state index in [4.69, 9.17) is 0 Å². The average molecular weight is 563 g/mol. The predicted octanol–water partition coefficient (Wildman–Crippen LogP) is 5.22. The van der Waals surface area contributed by atoms with Gasteiger partial charge in [-0.15, -0.1) is 43.1 Å². The molecule has 0 fully saturated rings. The Kier molecular flexibility index (Phi) is 9.40. The number of hydrogen-bond acceptors (Lipinski definition) is 8. The second kappa shape index (κ2) is 12.9. The minimum atomic E-state index is -0.980. The van der Waals surface area contributed by atoms with Gasteiger partial charge in [0.05, 0.1) is 12.8 Å². The molecule has 4 rings (SSSR count). The lowest BCUT2D eigenvalue weighted by Crippen LogP contribution is -2.07. The van der Waals surface area contributed by atoms with Crippen molar-refractivity contribution in [3.63, 3.8) is 0 Å². The molecule has 12 heteroatoms. The minimum Gasteiger partial charge on any atom is -0.299 e. The Hall–Kier alpha value is -3.38. The molecule has 6 nitrogen and oxygen atoms in total. The van der Waals surface area contributed by atoms with Crippen LogP contribution >= 0.6 is 22.7 Å². The van der Waals surface area contributed by atoms with E-state index in [1.807, 2.05) is 0 Å². The summed E-state index contributed by atoms with van der Waals surface area (Å²) in [6, 6.07) is 6.82. The fourth-order valence-corrected chi connectivity index (χ4v) is 5.52. The summed E-state index contributed by atoms with van der Waals surface area (Å²) in [5.41, 5.74) is 0.817. The molecule has 0 N–H and O–H groups in total. The second-order valence-corrected chi connectivity index (χ2v) is 11.0. The number of carbonyl (C=O) groups excluding carboxylic acids is 2. The summed E-state index contributed by atoms with van der Waals surface area (Å²) < 4.78 is 52.7. The van der Waals surface area contributed by atoms with Gasteiger partial charge in [-0.3, -0.25) is 9.59 Å². The van der Waals surface area contributed by atoms with E-state index in [0.717, 1.165) is 47.1 Å². The van der Waals surface area contributed by atoms with Gasteiger partial charge in [-0.2, -0.15) is 0 Å². The molecular formula is C26H22F4N4O2S2. The quantitative estimate of drug-likeness (QED) is 0.164. The van der Waals surface area contributed by atoms with E-state index >= 15 is 0 Å². The van der Waals surface area contributed by atoms with E-state index in [-0.39, 0.29) is 37.2 Å². The van der Waals surface area contributed by atoms with Crippen LogP contribution in [0.15, 0.2) is 36.4 Å². The maximum absolute atomic E-state index is 13.3. The number of rotatable bonds is 13. The van der Waals surface area contributed by atoms with Crippen LogP contribution in [-0.4, -0.2) is 32.0 Å². The standard InChI is InChI=1S/C26H22F4N4O2S2/c27-19-7-5-15(11-21(19)29)9-17(35)13-25-33-31-23(37-25)3-1-2-4-24-32-34-26(38-24)14-18(36)10-16-6-8-20(28)22(30)12-16/h5-8,11-12H,1-4,9-10,13-14H2. The Morgan fingerprint density at radius 1 is 0.553 bits per heavy atom. The van der Waals surface area contributed by atoms with Crippen molar-refractivity contribution in [2.24, 2.45) is 0 Å². The predicted molar refractivity (Wildman–Crippen MR) is 134 cm³/mol. The number of unbranched alkanes of at least 4 members (excludes halogenated alkanes) is 1. The molecule has 0 atom stereocenters. The molecule has 2 aromatic carbocycles. The third-order valence-corrected chi connectivity index (χ3v) is 7.48. The minimum absolute atomic E-state index is 0.00760. The molecule has 0 aliphatic rings. The van der Waals surface area contributed by atoms with Crippen molar-refractivity contribution >= 4 is 34.2 Å². The van der Waals surface area contributed by atoms with Gasteiger partial charge in [-0.05, 0) is 48.2 Å². The Morgan fingerprint density at radius 2 is 0.947 bits per heavy atom. The van der Waals surface area contributed by atoms with Crippen molar-refractivity contribution in [1.82, 2.24) is 20.4 Å². The van der Waals surface area contributed by atoms with Gasteiger partial charge in [0.2, 0.25) is 0 Å². The Bertz CT molecular complexity index is 1330. The van der Waals surface area contributed by atoms with Gasteiger partial charge >= 0.3 is 0 Å². The Labute approximate surface area is 223 Å². The first-order valence-electron chi connectivity index (χ1n) is 11.8. The third kappa shape index (κ3) is 8.06. The van der Waals surface area contributed by atoms with Crippen molar-refractivity contribution in [2.45, 2.75) is 51.4 Å². The summed E-state index contributed by atoms with van der Waals surface area (Å²) in [6.07, 6.45) is 3.17. The summed E-state index contributed by atoms with van der Waals surface area (Å²) in [7, 11) is 0. The monoisotopic (exact) mass is 562 g/mol. The van der Waals surface area contributed by atoms with Crippen LogP contribution in [0.2, 0.25) is 0 Å². The Morgan fingerprint density at radius 3 is 1.34 bits per heavy atom. The molecule has 38 heavy (non-hydrogen) atoms. The maximum atomic E-state index is 13.3. The number of nitrogens with zero attached hydrogens (tertiary/aromatic N) is 4. The second-order valence-electron chi connectivity index (χ2n) is 8.67. The smallest absolute Gasteiger partial charge is 0.159 e. The number of aromatic nitrogens is 4. The first-order chi connectivity index (χ1) is 18.2. The molecule has 0 saturated heterocycles. The van der Waals surface area contributed by atoms with Gasteiger partial charge in [-0.1, -0.05) is 12.1 Å². The van der Waals surface area contributed by atoms with E-state index in [0.29, 0.717) is 34.0 Å². The summed E-state index contributed by atoms with van der Waals surface area (Å²) in [5.74, 6) is -4.18. The average Bonchev–Trinajstić information content (AvgIpc) is 3.50. The van der Waals surface area contributed by atoms with Crippen LogP contribution in [0.1, 0.15) is 44.0 Å². The normalized spacial score (nSPS) is 11.2. The summed E-state index contributed by atoms with van der Waals surface area (Å²) in [4.78, 5) is 24.5. The molecule has 4 aromatic rings. The lowest BCUT2D eigenvalue weighted by Gasteiger charge is -2.00. The van der Waals surface area contributed by atoms with Gasteiger partial charge in [-0.25, -0.2) is 17.6 Å². The van der Waals surface area contributed by atoms with Gasteiger partial charge < -0.3 is 0 Å². The van der Waals surface area contributed by atoms with E-state index < -0.39 is 23.3 Å². The number of benzene rings is 2. The van der Waals surface area contributed by atoms with Gasteiger partial charge in [0.25, 0.3) is 0 Å². The molecule has 2 heterocycles. The highest BCUT2D eigenvalue weighted by molar-refractivity contribution is 7.11. The first kappa shape index (κ1) is 27.6. The summed E-state index contributed by atoms with van der Waals surface area (Å²) in [6.45, 7) is 0. The molecule has 0 amide bonds. The van der Waals surface area contributed by atoms with E-state index in [9.17, 15) is 27.2 Å². The molecule has 0 aliphatic heterocycles. The zero-order valence-corrected chi connectivity index (χ0v) is 21.7. The lowest BCUT2D eigenvalue weighted by molar-refractivity contribution is -0.118. The summed E-state index contributed by atoms with van der Waals surface area (Å²) in [5, 5.41) is 19.1.